The van der Waals surface area contributed by atoms with Crippen molar-refractivity contribution in [3.8, 4) is 11.1 Å². The highest BCUT2D eigenvalue weighted by Gasteiger charge is 2.34. The van der Waals surface area contributed by atoms with Crippen LogP contribution in [0.25, 0.3) is 22.0 Å². The van der Waals surface area contributed by atoms with Gasteiger partial charge in [-0.3, -0.25) is 20.4 Å². The van der Waals surface area contributed by atoms with Crippen molar-refractivity contribution in [2.75, 3.05) is 10.6 Å². The zero-order valence-corrected chi connectivity index (χ0v) is 21.1. The number of anilines is 2. The highest BCUT2D eigenvalue weighted by molar-refractivity contribution is 6.17. The molecule has 0 saturated heterocycles. The lowest BCUT2D eigenvalue weighted by Crippen LogP contribution is -2.22. The van der Waals surface area contributed by atoms with E-state index in [4.69, 9.17) is 4.74 Å². The van der Waals surface area contributed by atoms with Crippen molar-refractivity contribution in [1.82, 2.24) is 4.98 Å². The third-order valence-electron chi connectivity index (χ3n) is 6.09. The molecule has 2 amide bonds. The van der Waals surface area contributed by atoms with Gasteiger partial charge in [-0.25, -0.2) is 9.59 Å². The van der Waals surface area contributed by atoms with E-state index in [-0.39, 0.29) is 27.7 Å². The van der Waals surface area contributed by atoms with Crippen LogP contribution in [0.5, 0.6) is 0 Å². The standard InChI is InChI=1S/C31H20F3N3O4/c32-31(33,34)25-16-8-15-23-26(24(18-35-27(23)25)28(38)19-9-3-1-4-10-19)20-11-7-14-22(17-20)37-30(40)41-29(39)36-21-12-5-2-6-13-21/h1-18H,(H,36,39)(H,37,40). The first-order chi connectivity index (χ1) is 19.7. The third-order valence-corrected chi connectivity index (χ3v) is 6.09. The summed E-state index contributed by atoms with van der Waals surface area (Å²) in [6, 6.07) is 26.4. The number of para-hydroxylation sites is 2. The molecule has 4 aromatic carbocycles. The number of ketones is 1. The van der Waals surface area contributed by atoms with Crippen LogP contribution in [-0.4, -0.2) is 23.0 Å². The summed E-state index contributed by atoms with van der Waals surface area (Å²) in [5.41, 5.74) is 0.262. The molecule has 0 bridgehead atoms. The number of pyridine rings is 1. The SMILES string of the molecule is O=C(Nc1ccccc1)OC(=O)Nc1cccc(-c2c(C(=O)c3ccccc3)cnc3c(C(F)(F)F)cccc23)c1. The maximum atomic E-state index is 13.8. The molecule has 41 heavy (non-hydrogen) atoms. The predicted octanol–water partition coefficient (Wildman–Crippen LogP) is 7.93. The highest BCUT2D eigenvalue weighted by Crippen LogP contribution is 2.39. The first-order valence-electron chi connectivity index (χ1n) is 12.2. The number of benzene rings is 4. The molecule has 204 valence electrons. The smallest absolute Gasteiger partial charge is 0.359 e. The third kappa shape index (κ3) is 6.06. The van der Waals surface area contributed by atoms with E-state index in [2.05, 4.69) is 15.6 Å². The average Bonchev–Trinajstić information content (AvgIpc) is 2.96. The highest BCUT2D eigenvalue weighted by atomic mass is 19.4. The lowest BCUT2D eigenvalue weighted by Gasteiger charge is -2.16. The van der Waals surface area contributed by atoms with Gasteiger partial charge in [-0.1, -0.05) is 72.8 Å². The van der Waals surface area contributed by atoms with Gasteiger partial charge in [0.05, 0.1) is 11.1 Å². The van der Waals surface area contributed by atoms with Crippen LogP contribution in [0.15, 0.2) is 109 Å². The number of rotatable bonds is 5. The maximum absolute atomic E-state index is 13.8. The summed E-state index contributed by atoms with van der Waals surface area (Å²) in [5.74, 6) is -0.442. The number of amides is 2. The minimum Gasteiger partial charge on any atom is -0.359 e. The van der Waals surface area contributed by atoms with Gasteiger partial charge in [0, 0.05) is 39.6 Å². The molecule has 0 unspecified atom stereocenters. The zero-order valence-electron chi connectivity index (χ0n) is 21.1. The Bertz CT molecular complexity index is 1760. The van der Waals surface area contributed by atoms with E-state index < -0.39 is 29.7 Å². The normalized spacial score (nSPS) is 11.1. The molecule has 0 aliphatic rings. The van der Waals surface area contributed by atoms with Crippen LogP contribution < -0.4 is 10.6 Å². The second kappa shape index (κ2) is 11.3. The van der Waals surface area contributed by atoms with Crippen molar-refractivity contribution in [1.29, 1.82) is 0 Å². The van der Waals surface area contributed by atoms with Crippen molar-refractivity contribution >= 4 is 40.2 Å². The van der Waals surface area contributed by atoms with Crippen molar-refractivity contribution < 1.29 is 32.3 Å². The summed E-state index contributed by atoms with van der Waals surface area (Å²) in [6.07, 6.45) is -5.65. The van der Waals surface area contributed by atoms with Gasteiger partial charge in [-0.15, -0.1) is 0 Å². The molecule has 0 atom stereocenters. The summed E-state index contributed by atoms with van der Waals surface area (Å²) in [5, 5.41) is 4.94. The Morgan fingerprint density at radius 3 is 2.00 bits per heavy atom. The Hall–Kier alpha value is -5.51. The monoisotopic (exact) mass is 555 g/mol. The Morgan fingerprint density at radius 2 is 1.32 bits per heavy atom. The number of alkyl halides is 3. The number of carbonyl (C=O) groups excluding carboxylic acids is 3. The number of ether oxygens (including phenoxy) is 1. The number of nitrogens with one attached hydrogen (secondary N) is 2. The fourth-order valence-electron chi connectivity index (χ4n) is 4.32. The Labute approximate surface area is 231 Å². The fraction of sp³-hybridized carbons (Fsp3) is 0.0323. The van der Waals surface area contributed by atoms with E-state index >= 15 is 0 Å². The van der Waals surface area contributed by atoms with Gasteiger partial charge in [0.15, 0.2) is 5.78 Å². The Balaban J connectivity index is 1.52. The molecule has 0 aliphatic heterocycles. The Morgan fingerprint density at radius 1 is 0.707 bits per heavy atom. The number of carbonyl (C=O) groups is 3. The minimum atomic E-state index is -4.68. The molecule has 1 aromatic heterocycles. The van der Waals surface area contributed by atoms with Crippen molar-refractivity contribution in [3.05, 3.63) is 126 Å². The van der Waals surface area contributed by atoms with Crippen LogP contribution in [0.1, 0.15) is 21.5 Å². The number of nitrogens with zero attached hydrogens (tertiary/aromatic N) is 1. The summed E-state index contributed by atoms with van der Waals surface area (Å²) in [6.45, 7) is 0. The summed E-state index contributed by atoms with van der Waals surface area (Å²) in [4.78, 5) is 42.0. The van der Waals surface area contributed by atoms with Gasteiger partial charge in [-0.2, -0.15) is 13.2 Å². The summed E-state index contributed by atoms with van der Waals surface area (Å²) in [7, 11) is 0. The fourth-order valence-corrected chi connectivity index (χ4v) is 4.32. The van der Waals surface area contributed by atoms with Crippen LogP contribution in [-0.2, 0) is 10.9 Å². The zero-order chi connectivity index (χ0) is 29.0. The summed E-state index contributed by atoms with van der Waals surface area (Å²) < 4.78 is 46.2. The van der Waals surface area contributed by atoms with E-state index in [9.17, 15) is 27.6 Å². The van der Waals surface area contributed by atoms with E-state index in [1.165, 1.54) is 24.3 Å². The Kier molecular flexibility index (Phi) is 7.47. The van der Waals surface area contributed by atoms with Crippen LogP contribution in [0.2, 0.25) is 0 Å². The largest absolute Gasteiger partial charge is 0.420 e. The lowest BCUT2D eigenvalue weighted by atomic mass is 9.91. The number of fused-ring (bicyclic) bond motifs is 1. The van der Waals surface area contributed by atoms with E-state index in [0.717, 1.165) is 12.3 Å². The van der Waals surface area contributed by atoms with Crippen molar-refractivity contribution in [2.45, 2.75) is 6.18 Å². The second-order valence-electron chi connectivity index (χ2n) is 8.82. The second-order valence-corrected chi connectivity index (χ2v) is 8.82. The van der Waals surface area contributed by atoms with E-state index in [1.54, 1.807) is 72.8 Å². The first-order valence-corrected chi connectivity index (χ1v) is 12.2. The number of aromatic nitrogens is 1. The molecule has 0 radical (unpaired) electrons. The molecular weight excluding hydrogens is 535 g/mol. The molecule has 10 heteroatoms. The number of halogens is 3. The topological polar surface area (TPSA) is 97.4 Å². The first kappa shape index (κ1) is 27.1. The lowest BCUT2D eigenvalue weighted by molar-refractivity contribution is -0.136. The van der Waals surface area contributed by atoms with Gasteiger partial charge in [0.25, 0.3) is 0 Å². The molecule has 0 saturated carbocycles. The molecule has 5 rings (SSSR count). The van der Waals surface area contributed by atoms with Gasteiger partial charge >= 0.3 is 18.4 Å². The van der Waals surface area contributed by atoms with Crippen LogP contribution in [0.3, 0.4) is 0 Å². The van der Waals surface area contributed by atoms with Crippen LogP contribution >= 0.6 is 0 Å². The molecule has 5 aromatic rings. The van der Waals surface area contributed by atoms with E-state index in [0.29, 0.717) is 16.8 Å². The molecule has 0 aliphatic carbocycles. The number of hydrogen-bond donors (Lipinski definition) is 2. The van der Waals surface area contributed by atoms with Gasteiger partial charge in [0.1, 0.15) is 0 Å². The van der Waals surface area contributed by atoms with Crippen LogP contribution in [0.4, 0.5) is 34.1 Å². The minimum absolute atomic E-state index is 0.0741. The molecular formula is C31H20F3N3O4. The van der Waals surface area contributed by atoms with Crippen molar-refractivity contribution in [2.24, 2.45) is 0 Å². The van der Waals surface area contributed by atoms with Crippen molar-refractivity contribution in [3.63, 3.8) is 0 Å². The summed E-state index contributed by atoms with van der Waals surface area (Å²) >= 11 is 0. The maximum Gasteiger partial charge on any atom is 0.420 e. The average molecular weight is 556 g/mol. The van der Waals surface area contributed by atoms with Gasteiger partial charge < -0.3 is 4.74 Å². The van der Waals surface area contributed by atoms with Crippen LogP contribution in [0, 0.1) is 0 Å². The van der Waals surface area contributed by atoms with E-state index in [1.807, 2.05) is 0 Å². The molecule has 0 fully saturated rings. The molecule has 1 heterocycles. The number of hydrogen-bond acceptors (Lipinski definition) is 5. The molecule has 7 nitrogen and oxygen atoms in total. The van der Waals surface area contributed by atoms with Gasteiger partial charge in [0.2, 0.25) is 0 Å². The van der Waals surface area contributed by atoms with Gasteiger partial charge in [-0.05, 0) is 35.9 Å². The molecule has 0 spiro atoms. The molecule has 2 N–H and O–H groups in total. The predicted molar refractivity (Wildman–Crippen MR) is 148 cm³/mol. The quantitative estimate of drug-likeness (QED) is 0.170.